The van der Waals surface area contributed by atoms with E-state index < -0.39 is 18.2 Å². The normalized spacial score (nSPS) is 12.3. The zero-order valence-electron chi connectivity index (χ0n) is 13.3. The molecule has 6 heteroatoms. The van der Waals surface area contributed by atoms with Gasteiger partial charge >= 0.3 is 11.9 Å². The summed E-state index contributed by atoms with van der Waals surface area (Å²) in [6.45, 7) is 3.60. The first-order valence-corrected chi connectivity index (χ1v) is 7.58. The Morgan fingerprint density at radius 3 is 2.42 bits per heavy atom. The number of hydrogen-bond donors (Lipinski definition) is 1. The molecule has 2 aromatic heterocycles. The molecule has 0 aliphatic heterocycles. The maximum absolute atomic E-state index is 12.3. The van der Waals surface area contributed by atoms with Crippen molar-refractivity contribution in [2.24, 2.45) is 5.92 Å². The number of rotatable bonds is 5. The van der Waals surface area contributed by atoms with Crippen LogP contribution in [-0.2, 0) is 9.47 Å². The first-order chi connectivity index (χ1) is 11.5. The van der Waals surface area contributed by atoms with Crippen molar-refractivity contribution in [1.82, 2.24) is 4.98 Å². The average molecular weight is 327 g/mol. The molecule has 0 fully saturated rings. The zero-order chi connectivity index (χ0) is 17.1. The van der Waals surface area contributed by atoms with Crippen LogP contribution in [0.1, 0.15) is 34.7 Å². The van der Waals surface area contributed by atoms with Gasteiger partial charge in [0.1, 0.15) is 5.69 Å². The Kier molecular flexibility index (Phi) is 4.37. The standard InChI is InChI=1S/C18H17NO5/c1-11(2)18(23-16(20)12-6-4-3-5-7-12)24-17(21)14-10-15-13(19-14)8-9-22-15/h3-11,18-19H,1-2H3. The Labute approximate surface area is 138 Å². The van der Waals surface area contributed by atoms with Gasteiger partial charge in [-0.15, -0.1) is 0 Å². The number of fused-ring (bicyclic) bond motifs is 1. The van der Waals surface area contributed by atoms with E-state index in [4.69, 9.17) is 13.9 Å². The summed E-state index contributed by atoms with van der Waals surface area (Å²) in [7, 11) is 0. The van der Waals surface area contributed by atoms with Crippen LogP contribution < -0.4 is 0 Å². The average Bonchev–Trinajstić information content (AvgIpc) is 3.16. The van der Waals surface area contributed by atoms with Crippen molar-refractivity contribution in [3.8, 4) is 0 Å². The molecule has 3 rings (SSSR count). The van der Waals surface area contributed by atoms with E-state index in [1.807, 2.05) is 0 Å². The van der Waals surface area contributed by atoms with Gasteiger partial charge in [0.2, 0.25) is 6.29 Å². The number of aromatic nitrogens is 1. The summed E-state index contributed by atoms with van der Waals surface area (Å²) in [6, 6.07) is 11.8. The molecule has 1 unspecified atom stereocenters. The van der Waals surface area contributed by atoms with Gasteiger partial charge in [0.05, 0.1) is 17.3 Å². The Morgan fingerprint density at radius 2 is 1.75 bits per heavy atom. The minimum atomic E-state index is -0.986. The molecule has 0 saturated heterocycles. The number of ether oxygens (including phenoxy) is 2. The lowest BCUT2D eigenvalue weighted by Gasteiger charge is -2.21. The SMILES string of the molecule is CC(C)C(OC(=O)c1ccccc1)OC(=O)c1cc2occc2[nH]1. The number of carbonyl (C=O) groups is 2. The summed E-state index contributed by atoms with van der Waals surface area (Å²) in [5, 5.41) is 0. The summed E-state index contributed by atoms with van der Waals surface area (Å²) in [5.74, 6) is -1.34. The summed E-state index contributed by atoms with van der Waals surface area (Å²) in [5.41, 5.74) is 1.90. The van der Waals surface area contributed by atoms with E-state index in [1.165, 1.54) is 6.26 Å². The molecule has 0 bridgehead atoms. The van der Waals surface area contributed by atoms with Crippen LogP contribution in [-0.4, -0.2) is 23.2 Å². The van der Waals surface area contributed by atoms with Crippen LogP contribution >= 0.6 is 0 Å². The minimum Gasteiger partial charge on any atom is -0.463 e. The van der Waals surface area contributed by atoms with Gasteiger partial charge in [-0.05, 0) is 12.1 Å². The summed E-state index contributed by atoms with van der Waals surface area (Å²) in [4.78, 5) is 27.3. The van der Waals surface area contributed by atoms with Gasteiger partial charge in [0, 0.05) is 18.1 Å². The van der Waals surface area contributed by atoms with Crippen molar-refractivity contribution >= 4 is 23.0 Å². The van der Waals surface area contributed by atoms with Crippen LogP contribution in [0.4, 0.5) is 0 Å². The van der Waals surface area contributed by atoms with Gasteiger partial charge in [0.15, 0.2) is 5.58 Å². The maximum Gasteiger partial charge on any atom is 0.357 e. The fraction of sp³-hybridized carbons (Fsp3) is 0.222. The lowest BCUT2D eigenvalue weighted by atomic mass is 10.2. The van der Waals surface area contributed by atoms with Gasteiger partial charge < -0.3 is 18.9 Å². The first kappa shape index (κ1) is 15.9. The van der Waals surface area contributed by atoms with Crippen LogP contribution in [0.25, 0.3) is 11.1 Å². The number of esters is 2. The Bertz CT molecular complexity index is 818. The van der Waals surface area contributed by atoms with Crippen molar-refractivity contribution in [1.29, 1.82) is 0 Å². The number of nitrogens with one attached hydrogen (secondary N) is 1. The van der Waals surface area contributed by atoms with E-state index in [2.05, 4.69) is 4.98 Å². The van der Waals surface area contributed by atoms with E-state index in [9.17, 15) is 9.59 Å². The van der Waals surface area contributed by atoms with Crippen molar-refractivity contribution < 1.29 is 23.5 Å². The smallest absolute Gasteiger partial charge is 0.357 e. The maximum atomic E-state index is 12.3. The molecule has 1 atom stereocenters. The second-order valence-corrected chi connectivity index (χ2v) is 5.67. The molecule has 0 aliphatic rings. The lowest BCUT2D eigenvalue weighted by Crippen LogP contribution is -2.29. The summed E-state index contributed by atoms with van der Waals surface area (Å²) >= 11 is 0. The highest BCUT2D eigenvalue weighted by Gasteiger charge is 2.25. The number of furan rings is 1. The van der Waals surface area contributed by atoms with Crippen molar-refractivity contribution in [3.05, 3.63) is 60.0 Å². The van der Waals surface area contributed by atoms with E-state index in [1.54, 1.807) is 56.3 Å². The Morgan fingerprint density at radius 1 is 1.04 bits per heavy atom. The Hall–Kier alpha value is -3.02. The highest BCUT2D eigenvalue weighted by Crippen LogP contribution is 2.19. The molecule has 0 aliphatic carbocycles. The third kappa shape index (κ3) is 3.32. The predicted molar refractivity (Wildman–Crippen MR) is 86.5 cm³/mol. The van der Waals surface area contributed by atoms with Crippen LogP contribution in [0.5, 0.6) is 0 Å². The van der Waals surface area contributed by atoms with E-state index in [0.717, 1.165) is 0 Å². The molecule has 2 heterocycles. The number of carbonyl (C=O) groups excluding carboxylic acids is 2. The number of H-pyrrole nitrogens is 1. The zero-order valence-corrected chi connectivity index (χ0v) is 13.3. The molecule has 1 aromatic carbocycles. The molecule has 0 saturated carbocycles. The largest absolute Gasteiger partial charge is 0.463 e. The van der Waals surface area contributed by atoms with Gasteiger partial charge in [-0.2, -0.15) is 0 Å². The van der Waals surface area contributed by atoms with Crippen LogP contribution in [0.3, 0.4) is 0 Å². The molecule has 1 N–H and O–H groups in total. The highest BCUT2D eigenvalue weighted by atomic mass is 16.7. The quantitative estimate of drug-likeness (QED) is 0.570. The second kappa shape index (κ2) is 6.62. The monoisotopic (exact) mass is 327 g/mol. The molecular formula is C18H17NO5. The molecular weight excluding hydrogens is 310 g/mol. The van der Waals surface area contributed by atoms with E-state index in [-0.39, 0.29) is 11.6 Å². The Balaban J connectivity index is 1.70. The first-order valence-electron chi connectivity index (χ1n) is 7.58. The fourth-order valence-corrected chi connectivity index (χ4v) is 2.17. The molecule has 3 aromatic rings. The van der Waals surface area contributed by atoms with Crippen LogP contribution in [0.2, 0.25) is 0 Å². The van der Waals surface area contributed by atoms with Crippen LogP contribution in [0, 0.1) is 5.92 Å². The third-order valence-electron chi connectivity index (χ3n) is 3.46. The molecule has 6 nitrogen and oxygen atoms in total. The second-order valence-electron chi connectivity index (χ2n) is 5.67. The number of aromatic amines is 1. The highest BCUT2D eigenvalue weighted by molar-refractivity contribution is 5.93. The molecule has 0 radical (unpaired) electrons. The minimum absolute atomic E-state index is 0.195. The van der Waals surface area contributed by atoms with E-state index in [0.29, 0.717) is 16.7 Å². The van der Waals surface area contributed by atoms with Gasteiger partial charge in [-0.1, -0.05) is 32.0 Å². The van der Waals surface area contributed by atoms with Crippen LogP contribution in [0.15, 0.2) is 53.1 Å². The van der Waals surface area contributed by atoms with E-state index >= 15 is 0 Å². The van der Waals surface area contributed by atoms with Gasteiger partial charge in [0.25, 0.3) is 0 Å². The van der Waals surface area contributed by atoms with Crippen molar-refractivity contribution in [2.75, 3.05) is 0 Å². The third-order valence-corrected chi connectivity index (χ3v) is 3.46. The fourth-order valence-electron chi connectivity index (χ4n) is 2.17. The topological polar surface area (TPSA) is 81.5 Å². The van der Waals surface area contributed by atoms with Gasteiger partial charge in [-0.25, -0.2) is 9.59 Å². The number of hydrogen-bond acceptors (Lipinski definition) is 5. The molecule has 124 valence electrons. The molecule has 0 amide bonds. The number of benzene rings is 1. The van der Waals surface area contributed by atoms with Gasteiger partial charge in [-0.3, -0.25) is 0 Å². The summed E-state index contributed by atoms with van der Waals surface area (Å²) in [6.07, 6.45) is 0.536. The van der Waals surface area contributed by atoms with Crippen molar-refractivity contribution in [3.63, 3.8) is 0 Å². The van der Waals surface area contributed by atoms with Crippen molar-refractivity contribution in [2.45, 2.75) is 20.1 Å². The molecule has 0 spiro atoms. The summed E-state index contributed by atoms with van der Waals surface area (Å²) < 4.78 is 15.9. The predicted octanol–water partition coefficient (Wildman–Crippen LogP) is 3.76. The lowest BCUT2D eigenvalue weighted by molar-refractivity contribution is -0.102. The molecule has 24 heavy (non-hydrogen) atoms.